The van der Waals surface area contributed by atoms with E-state index in [9.17, 15) is 0 Å². The molecule has 0 unspecified atom stereocenters. The molecule has 0 aliphatic heterocycles. The van der Waals surface area contributed by atoms with Gasteiger partial charge in [0.2, 0.25) is 0 Å². The van der Waals surface area contributed by atoms with Crippen LogP contribution in [0, 0.1) is 6.07 Å². The Morgan fingerprint density at radius 1 is 1.58 bits per heavy atom. The highest BCUT2D eigenvalue weighted by molar-refractivity contribution is 5.31. The van der Waals surface area contributed by atoms with Gasteiger partial charge in [0.25, 0.3) is 0 Å². The second-order valence-electron chi connectivity index (χ2n) is 2.16. The van der Waals surface area contributed by atoms with Crippen molar-refractivity contribution in [3.8, 4) is 11.5 Å². The lowest BCUT2D eigenvalue weighted by Gasteiger charge is -2.04. The summed E-state index contributed by atoms with van der Waals surface area (Å²) in [7, 11) is 1.59. The van der Waals surface area contributed by atoms with Crippen molar-refractivity contribution in [3.63, 3.8) is 0 Å². The molecule has 1 rings (SSSR count). The summed E-state index contributed by atoms with van der Waals surface area (Å²) in [5.74, 6) is 1.31. The fourth-order valence-electron chi connectivity index (χ4n) is 0.791. The number of hydrogen-bond acceptors (Lipinski definition) is 3. The fraction of sp³-hybridized carbons (Fsp3) is 0.333. The van der Waals surface area contributed by atoms with Gasteiger partial charge in [0, 0.05) is 12.1 Å². The molecule has 0 spiro atoms. The first-order valence-corrected chi connectivity index (χ1v) is 3.66. The summed E-state index contributed by atoms with van der Waals surface area (Å²) in [4.78, 5) is 0. The van der Waals surface area contributed by atoms with Gasteiger partial charge >= 0.3 is 0 Å². The monoisotopic (exact) mass is 167 g/mol. The number of hydrogen-bond donors (Lipinski definition) is 1. The van der Waals surface area contributed by atoms with Gasteiger partial charge in [-0.1, -0.05) is 0 Å². The number of aliphatic hydroxyl groups is 1. The Kier molecular flexibility index (Phi) is 3.41. The molecule has 1 radical (unpaired) electrons. The van der Waals surface area contributed by atoms with E-state index in [4.69, 9.17) is 14.6 Å². The van der Waals surface area contributed by atoms with E-state index in [0.717, 1.165) is 5.75 Å². The number of benzene rings is 1. The van der Waals surface area contributed by atoms with Gasteiger partial charge in [0.1, 0.15) is 18.1 Å². The minimum Gasteiger partial charge on any atom is -0.497 e. The molecule has 0 bridgehead atoms. The molecule has 0 fully saturated rings. The van der Waals surface area contributed by atoms with Gasteiger partial charge in [0.05, 0.1) is 13.7 Å². The molecule has 3 nitrogen and oxygen atoms in total. The van der Waals surface area contributed by atoms with Crippen LogP contribution in [0.1, 0.15) is 0 Å². The first-order chi connectivity index (χ1) is 5.86. The molecule has 3 heteroatoms. The van der Waals surface area contributed by atoms with Crippen LogP contribution >= 0.6 is 0 Å². The summed E-state index contributed by atoms with van der Waals surface area (Å²) >= 11 is 0. The second-order valence-corrected chi connectivity index (χ2v) is 2.16. The molecule has 0 amide bonds. The van der Waals surface area contributed by atoms with Crippen LogP contribution in [0.25, 0.3) is 0 Å². The molecule has 65 valence electrons. The van der Waals surface area contributed by atoms with Gasteiger partial charge in [-0.2, -0.15) is 0 Å². The summed E-state index contributed by atoms with van der Waals surface area (Å²) in [5, 5.41) is 8.48. The zero-order chi connectivity index (χ0) is 8.81. The van der Waals surface area contributed by atoms with Crippen LogP contribution in [-0.2, 0) is 0 Å². The Balaban J connectivity index is 2.60. The van der Waals surface area contributed by atoms with Crippen LogP contribution in [0.4, 0.5) is 0 Å². The predicted molar refractivity (Wildman–Crippen MR) is 44.4 cm³/mol. The zero-order valence-electron chi connectivity index (χ0n) is 6.91. The van der Waals surface area contributed by atoms with Crippen LogP contribution in [0.15, 0.2) is 18.2 Å². The highest BCUT2D eigenvalue weighted by atomic mass is 16.5. The molecule has 0 atom stereocenters. The topological polar surface area (TPSA) is 38.7 Å². The molecule has 1 aromatic carbocycles. The third-order valence-corrected chi connectivity index (χ3v) is 1.33. The smallest absolute Gasteiger partial charge is 0.131 e. The lowest BCUT2D eigenvalue weighted by atomic mass is 10.3. The second kappa shape index (κ2) is 4.62. The van der Waals surface area contributed by atoms with E-state index in [-0.39, 0.29) is 13.2 Å². The van der Waals surface area contributed by atoms with Gasteiger partial charge in [0.15, 0.2) is 0 Å². The van der Waals surface area contributed by atoms with Gasteiger partial charge in [-0.25, -0.2) is 0 Å². The minimum atomic E-state index is 0.00501. The molecule has 12 heavy (non-hydrogen) atoms. The molecule has 1 aromatic rings. The minimum absolute atomic E-state index is 0.00501. The Bertz CT molecular complexity index is 235. The number of aliphatic hydroxyl groups excluding tert-OH is 1. The summed E-state index contributed by atoms with van der Waals surface area (Å²) in [6.07, 6.45) is 0. The number of methoxy groups -OCH3 is 1. The van der Waals surface area contributed by atoms with Crippen molar-refractivity contribution in [1.82, 2.24) is 0 Å². The Morgan fingerprint density at radius 2 is 2.42 bits per heavy atom. The van der Waals surface area contributed by atoms with Crippen molar-refractivity contribution in [1.29, 1.82) is 0 Å². The number of rotatable bonds is 4. The standard InChI is InChI=1S/C9H11O3/c1-11-8-3-2-4-9(7-8)12-6-5-10/h2-3,7,10H,5-6H2,1H3. The summed E-state index contributed by atoms with van der Waals surface area (Å²) in [6, 6.07) is 8.08. The van der Waals surface area contributed by atoms with Gasteiger partial charge in [-0.15, -0.1) is 0 Å². The molecular formula is C9H11O3. The van der Waals surface area contributed by atoms with E-state index >= 15 is 0 Å². The van der Waals surface area contributed by atoms with Gasteiger partial charge in [-0.05, 0) is 12.1 Å². The van der Waals surface area contributed by atoms with Crippen LogP contribution in [0.3, 0.4) is 0 Å². The molecule has 0 saturated carbocycles. The maximum atomic E-state index is 8.48. The highest BCUT2D eigenvalue weighted by Gasteiger charge is 1.95. The summed E-state index contributed by atoms with van der Waals surface area (Å²) in [5.41, 5.74) is 0. The molecule has 0 aromatic heterocycles. The zero-order valence-corrected chi connectivity index (χ0v) is 6.91. The maximum absolute atomic E-state index is 8.48. The Hall–Kier alpha value is -1.22. The van der Waals surface area contributed by atoms with Gasteiger partial charge in [-0.3, -0.25) is 0 Å². The quantitative estimate of drug-likeness (QED) is 0.723. The average Bonchev–Trinajstić information content (AvgIpc) is 2.15. The first kappa shape index (κ1) is 8.87. The largest absolute Gasteiger partial charge is 0.497 e. The maximum Gasteiger partial charge on any atom is 0.131 e. The Labute approximate surface area is 71.5 Å². The van der Waals surface area contributed by atoms with Crippen molar-refractivity contribution >= 4 is 0 Å². The van der Waals surface area contributed by atoms with Crippen molar-refractivity contribution in [2.24, 2.45) is 0 Å². The van der Waals surface area contributed by atoms with E-state index in [1.54, 1.807) is 25.3 Å². The molecule has 1 N–H and O–H groups in total. The lowest BCUT2D eigenvalue weighted by molar-refractivity contribution is 0.200. The fourth-order valence-corrected chi connectivity index (χ4v) is 0.791. The third-order valence-electron chi connectivity index (χ3n) is 1.33. The molecule has 0 heterocycles. The van der Waals surface area contributed by atoms with Crippen molar-refractivity contribution in [3.05, 3.63) is 24.3 Å². The third kappa shape index (κ3) is 2.43. The lowest BCUT2D eigenvalue weighted by Crippen LogP contribution is -2.01. The van der Waals surface area contributed by atoms with Crippen molar-refractivity contribution < 1.29 is 14.6 Å². The molecular weight excluding hydrogens is 156 g/mol. The van der Waals surface area contributed by atoms with Crippen LogP contribution in [0.5, 0.6) is 11.5 Å². The normalized spacial score (nSPS) is 9.50. The van der Waals surface area contributed by atoms with E-state index in [0.29, 0.717) is 5.75 Å². The van der Waals surface area contributed by atoms with Crippen LogP contribution in [-0.4, -0.2) is 25.4 Å². The van der Waals surface area contributed by atoms with E-state index in [2.05, 4.69) is 6.07 Å². The van der Waals surface area contributed by atoms with Crippen molar-refractivity contribution in [2.45, 2.75) is 0 Å². The molecule has 0 aliphatic rings. The van der Waals surface area contributed by atoms with Crippen LogP contribution in [0.2, 0.25) is 0 Å². The first-order valence-electron chi connectivity index (χ1n) is 3.66. The van der Waals surface area contributed by atoms with Crippen LogP contribution < -0.4 is 9.47 Å². The van der Waals surface area contributed by atoms with E-state index < -0.39 is 0 Å². The van der Waals surface area contributed by atoms with Crippen molar-refractivity contribution in [2.75, 3.05) is 20.3 Å². The summed E-state index contributed by atoms with van der Waals surface area (Å²) < 4.78 is 10.1. The molecule has 0 saturated heterocycles. The molecule has 0 aliphatic carbocycles. The Morgan fingerprint density at radius 3 is 3.08 bits per heavy atom. The number of ether oxygens (including phenoxy) is 2. The highest BCUT2D eigenvalue weighted by Crippen LogP contribution is 2.17. The predicted octanol–water partition coefficient (Wildman–Crippen LogP) is 0.866. The average molecular weight is 167 g/mol. The van der Waals surface area contributed by atoms with E-state index in [1.165, 1.54) is 0 Å². The van der Waals surface area contributed by atoms with Gasteiger partial charge < -0.3 is 14.6 Å². The summed E-state index contributed by atoms with van der Waals surface area (Å²) in [6.45, 7) is 0.286. The van der Waals surface area contributed by atoms with E-state index in [1.807, 2.05) is 0 Å². The SMILES string of the molecule is COc1cc[c]c(OCCO)c1.